The third-order valence-electron chi connectivity index (χ3n) is 2.08. The zero-order chi connectivity index (χ0) is 13.9. The number of hydrogen-bond acceptors (Lipinski definition) is 4. The highest BCUT2D eigenvalue weighted by Gasteiger charge is 2.20. The van der Waals surface area contributed by atoms with E-state index in [0.717, 1.165) is 0 Å². The van der Waals surface area contributed by atoms with Crippen LogP contribution < -0.4 is 26.7 Å². The molecule has 0 spiro atoms. The molecule has 0 saturated heterocycles. The molecule has 0 aliphatic rings. The van der Waals surface area contributed by atoms with E-state index in [1.807, 2.05) is 0 Å². The Bertz CT molecular complexity index is 453. The van der Waals surface area contributed by atoms with E-state index in [-0.39, 0.29) is 35.4 Å². The van der Waals surface area contributed by atoms with E-state index in [4.69, 9.17) is 4.74 Å². The summed E-state index contributed by atoms with van der Waals surface area (Å²) in [5.41, 5.74) is -0.517. The predicted octanol–water partition coefficient (Wildman–Crippen LogP) is -3.37. The number of amides is 1. The summed E-state index contributed by atoms with van der Waals surface area (Å²) in [7, 11) is 1.61. The number of nitrogens with zero attached hydrogens (tertiary/aromatic N) is 4. The summed E-state index contributed by atoms with van der Waals surface area (Å²) in [5, 5.41) is 5.35. The van der Waals surface area contributed by atoms with Crippen molar-refractivity contribution in [2.45, 2.75) is 39.8 Å². The first-order valence-corrected chi connectivity index (χ1v) is 5.59. The van der Waals surface area contributed by atoms with Gasteiger partial charge in [-0.25, -0.2) is 4.79 Å². The largest absolute Gasteiger partial charge is 1.00 e. The molecule has 0 aliphatic carbocycles. The number of carbonyl (C=O) groups is 2. The maximum atomic E-state index is 11.6. The molecule has 0 saturated carbocycles. The van der Waals surface area contributed by atoms with Crippen LogP contribution in [0.25, 0.3) is 0 Å². The molecule has 0 radical (unpaired) electrons. The lowest BCUT2D eigenvalue weighted by Crippen LogP contribution is -3.00. The lowest BCUT2D eigenvalue weighted by atomic mass is 10.2. The summed E-state index contributed by atoms with van der Waals surface area (Å²) in [6.07, 6.45) is 3.00. The molecule has 19 heavy (non-hydrogen) atoms. The van der Waals surface area contributed by atoms with Gasteiger partial charge in [-0.05, 0) is 25.9 Å². The molecule has 0 unspecified atom stereocenters. The molecule has 0 N–H and O–H groups in total. The Balaban J connectivity index is 0.00000324. The monoisotopic (exact) mass is 334 g/mol. The van der Waals surface area contributed by atoms with Crippen molar-refractivity contribution in [2.24, 2.45) is 0 Å². The van der Waals surface area contributed by atoms with Gasteiger partial charge in [-0.3, -0.25) is 4.79 Å². The van der Waals surface area contributed by atoms with Crippen molar-refractivity contribution in [3.63, 3.8) is 0 Å². The van der Waals surface area contributed by atoms with E-state index >= 15 is 0 Å². The summed E-state index contributed by atoms with van der Waals surface area (Å²) in [4.78, 5) is 22.7. The summed E-state index contributed by atoms with van der Waals surface area (Å²) >= 11 is 0. The summed E-state index contributed by atoms with van der Waals surface area (Å²) in [6, 6.07) is 0. The quantitative estimate of drug-likeness (QED) is 0.427. The van der Waals surface area contributed by atoms with Crippen LogP contribution in [0.15, 0.2) is 12.7 Å². The number of esters is 1. The van der Waals surface area contributed by atoms with Gasteiger partial charge in [0.25, 0.3) is 12.2 Å². The fourth-order valence-electron chi connectivity index (χ4n) is 1.22. The fourth-order valence-corrected chi connectivity index (χ4v) is 1.22. The number of hydrogen-bond donors (Lipinski definition) is 0. The Morgan fingerprint density at radius 1 is 1.42 bits per heavy atom. The van der Waals surface area contributed by atoms with Gasteiger partial charge in [0.15, 0.2) is 0 Å². The van der Waals surface area contributed by atoms with Gasteiger partial charge in [0.05, 0.1) is 7.05 Å². The minimum absolute atomic E-state index is 0. The van der Waals surface area contributed by atoms with Crippen LogP contribution in [0, 0.1) is 0 Å². The van der Waals surface area contributed by atoms with Gasteiger partial charge in [0.2, 0.25) is 12.9 Å². The first kappa shape index (κ1) is 17.6. The van der Waals surface area contributed by atoms with E-state index in [1.54, 1.807) is 34.1 Å². The van der Waals surface area contributed by atoms with Gasteiger partial charge in [-0.15, -0.1) is 9.36 Å². The molecule has 1 aromatic heterocycles. The van der Waals surface area contributed by atoms with E-state index in [9.17, 15) is 9.59 Å². The molecule has 108 valence electrons. The van der Waals surface area contributed by atoms with Crippen LogP contribution in [-0.2, 0) is 20.9 Å². The fraction of sp³-hybridized carbons (Fsp3) is 0.636. The minimum Gasteiger partial charge on any atom is -1.00 e. The highest BCUT2D eigenvalue weighted by Crippen LogP contribution is 2.06. The molecular weight excluding hydrogens is 316 g/mol. The molecule has 0 bridgehead atoms. The van der Waals surface area contributed by atoms with Crippen LogP contribution in [-0.4, -0.2) is 34.3 Å². The van der Waals surface area contributed by atoms with E-state index in [0.29, 0.717) is 0 Å². The lowest BCUT2D eigenvalue weighted by molar-refractivity contribution is -0.741. The maximum absolute atomic E-state index is 11.6. The van der Waals surface area contributed by atoms with Crippen LogP contribution in [0.4, 0.5) is 0 Å². The molecule has 0 fully saturated rings. The lowest BCUT2D eigenvalue weighted by Gasteiger charge is -2.18. The second-order valence-corrected chi connectivity index (χ2v) is 4.95. The average Bonchev–Trinajstić information content (AvgIpc) is 2.61. The van der Waals surface area contributed by atoms with Crippen molar-refractivity contribution in [2.75, 3.05) is 12.1 Å². The number of rotatable bonds is 3. The first-order chi connectivity index (χ1) is 8.19. The average molecular weight is 335 g/mol. The molecule has 1 aromatic rings. The first-order valence-electron chi connectivity index (χ1n) is 5.59. The molecule has 0 aliphatic heterocycles. The Morgan fingerprint density at radius 2 is 2.00 bits per heavy atom. The summed E-state index contributed by atoms with van der Waals surface area (Å²) < 4.78 is 8.07. The zero-order valence-corrected chi connectivity index (χ0v) is 13.3. The number of aromatic nitrogens is 3. The van der Waals surface area contributed by atoms with E-state index in [2.05, 4.69) is 5.10 Å². The van der Waals surface area contributed by atoms with Crippen LogP contribution >= 0.6 is 0 Å². The highest BCUT2D eigenvalue weighted by molar-refractivity contribution is 5.82. The van der Waals surface area contributed by atoms with Gasteiger partial charge >= 0.3 is 5.97 Å². The Hall–Kier alpha value is -1.44. The summed E-state index contributed by atoms with van der Waals surface area (Å²) in [5.74, 6) is -0.500. The predicted molar refractivity (Wildman–Crippen MR) is 63.1 cm³/mol. The van der Waals surface area contributed by atoms with Crippen molar-refractivity contribution in [3.8, 4) is 0 Å². The van der Waals surface area contributed by atoms with Gasteiger partial charge in [-0.1, -0.05) is 0 Å². The van der Waals surface area contributed by atoms with Gasteiger partial charge in [0, 0.05) is 6.92 Å². The standard InChI is InChI=1S/C11H19N4O3.BrH/c1-9(16)13(5)15-7-12-14(8-15)6-10(17)18-11(2,3)4;/h7-8H,6H2,1-5H3;1H/q+1;/p-1. The SMILES string of the molecule is CC(=O)N(C)n1cn[n+](CC(=O)OC(C)(C)C)c1.[Br-]. The molecule has 0 atom stereocenters. The van der Waals surface area contributed by atoms with E-state index < -0.39 is 5.60 Å². The smallest absolute Gasteiger partial charge is 0.351 e. The molecule has 1 amide bonds. The Morgan fingerprint density at radius 3 is 2.47 bits per heavy atom. The summed E-state index contributed by atoms with van der Waals surface area (Å²) in [6.45, 7) is 6.86. The topological polar surface area (TPSA) is 68.3 Å². The van der Waals surface area contributed by atoms with E-state index in [1.165, 1.54) is 27.6 Å². The number of halogens is 1. The molecule has 1 rings (SSSR count). The third-order valence-corrected chi connectivity index (χ3v) is 2.08. The molecule has 1 heterocycles. The van der Waals surface area contributed by atoms with Crippen molar-refractivity contribution in [1.29, 1.82) is 0 Å². The number of ether oxygens (including phenoxy) is 1. The van der Waals surface area contributed by atoms with Crippen molar-refractivity contribution < 1.29 is 36.0 Å². The normalized spacial score (nSPS) is 10.6. The zero-order valence-electron chi connectivity index (χ0n) is 11.8. The van der Waals surface area contributed by atoms with Crippen molar-refractivity contribution >= 4 is 11.9 Å². The molecular formula is C11H19BrN4O3. The third kappa shape index (κ3) is 5.82. The maximum Gasteiger partial charge on any atom is 0.351 e. The molecule has 8 heteroatoms. The Kier molecular flexibility index (Phi) is 6.14. The Labute approximate surface area is 122 Å². The van der Waals surface area contributed by atoms with Gasteiger partial charge in [0.1, 0.15) is 5.60 Å². The van der Waals surface area contributed by atoms with Crippen molar-refractivity contribution in [1.82, 2.24) is 9.77 Å². The molecule has 0 aromatic carbocycles. The minimum atomic E-state index is -0.517. The van der Waals surface area contributed by atoms with Crippen LogP contribution in [0.2, 0.25) is 0 Å². The van der Waals surface area contributed by atoms with Gasteiger partial charge < -0.3 is 21.7 Å². The van der Waals surface area contributed by atoms with Crippen molar-refractivity contribution in [3.05, 3.63) is 12.7 Å². The van der Waals surface area contributed by atoms with Crippen LogP contribution in [0.3, 0.4) is 0 Å². The van der Waals surface area contributed by atoms with Gasteiger partial charge in [-0.2, -0.15) is 5.01 Å². The highest BCUT2D eigenvalue weighted by atomic mass is 79.9. The number of carbonyl (C=O) groups excluding carboxylic acids is 2. The molecule has 7 nitrogen and oxygen atoms in total. The van der Waals surface area contributed by atoms with Crippen LogP contribution in [0.1, 0.15) is 27.7 Å². The second-order valence-electron chi connectivity index (χ2n) is 4.95. The second kappa shape index (κ2) is 6.65. The van der Waals surface area contributed by atoms with Crippen LogP contribution in [0.5, 0.6) is 0 Å².